The Morgan fingerprint density at radius 2 is 2.29 bits per heavy atom. The second-order valence-corrected chi connectivity index (χ2v) is 5.57. The number of nitrogens with one attached hydrogen (secondary N) is 1. The zero-order chi connectivity index (χ0) is 15.0. The second kappa shape index (κ2) is 5.50. The minimum absolute atomic E-state index is 0.119. The summed E-state index contributed by atoms with van der Waals surface area (Å²) in [4.78, 5) is 12.4. The highest BCUT2D eigenvalue weighted by atomic mass is 35.5. The van der Waals surface area contributed by atoms with Crippen molar-refractivity contribution in [3.8, 4) is 0 Å². The van der Waals surface area contributed by atoms with E-state index in [1.165, 1.54) is 11.8 Å². The molecule has 0 saturated carbocycles. The molecule has 0 saturated heterocycles. The number of halogens is 1. The number of rotatable bonds is 3. The van der Waals surface area contributed by atoms with Crippen molar-refractivity contribution < 1.29 is 4.79 Å². The predicted molar refractivity (Wildman–Crippen MR) is 81.2 cm³/mol. The van der Waals surface area contributed by atoms with E-state index >= 15 is 0 Å². The average molecular weight is 305 g/mol. The highest BCUT2D eigenvalue weighted by Gasteiger charge is 2.31. The van der Waals surface area contributed by atoms with E-state index in [1.54, 1.807) is 4.68 Å². The molecular weight excluding hydrogens is 288 g/mol. The molecule has 6 heteroatoms. The van der Waals surface area contributed by atoms with Gasteiger partial charge >= 0.3 is 0 Å². The van der Waals surface area contributed by atoms with Crippen molar-refractivity contribution in [2.75, 3.05) is 0 Å². The Balaban J connectivity index is 1.79. The first-order chi connectivity index (χ1) is 10.1. The van der Waals surface area contributed by atoms with E-state index in [0.29, 0.717) is 17.3 Å². The van der Waals surface area contributed by atoms with Gasteiger partial charge in [0.15, 0.2) is 0 Å². The molecule has 1 aliphatic carbocycles. The quantitative estimate of drug-likeness (QED) is 0.910. The van der Waals surface area contributed by atoms with E-state index in [1.807, 2.05) is 31.2 Å². The van der Waals surface area contributed by atoms with Crippen LogP contribution in [0.4, 0.5) is 0 Å². The number of amides is 1. The average Bonchev–Trinajstić information content (AvgIpc) is 3.00. The van der Waals surface area contributed by atoms with Crippen LogP contribution in [-0.4, -0.2) is 21.7 Å². The minimum atomic E-state index is -0.229. The van der Waals surface area contributed by atoms with Crippen LogP contribution in [0.3, 0.4) is 0 Å². The maximum Gasteiger partial charge on any atom is 0.271 e. The number of carbonyl (C=O) groups is 1. The van der Waals surface area contributed by atoms with Crippen LogP contribution in [0.1, 0.15) is 34.6 Å². The minimum Gasteiger partial charge on any atom is -0.346 e. The summed E-state index contributed by atoms with van der Waals surface area (Å²) in [5.41, 5.74) is 8.90. The van der Waals surface area contributed by atoms with E-state index in [2.05, 4.69) is 10.4 Å². The SMILES string of the molecule is CCn1ncc(Cl)c1C(=O)N[C@@H]1Cc2ccccc2[C@H]1N. The number of hydrogen-bond donors (Lipinski definition) is 2. The van der Waals surface area contributed by atoms with Crippen molar-refractivity contribution in [3.05, 3.63) is 52.3 Å². The Hall–Kier alpha value is -1.85. The lowest BCUT2D eigenvalue weighted by Crippen LogP contribution is -2.41. The van der Waals surface area contributed by atoms with Crippen LogP contribution >= 0.6 is 11.6 Å². The largest absolute Gasteiger partial charge is 0.346 e. The summed E-state index contributed by atoms with van der Waals surface area (Å²) in [5, 5.41) is 7.42. The van der Waals surface area contributed by atoms with E-state index in [4.69, 9.17) is 17.3 Å². The number of benzene rings is 1. The van der Waals surface area contributed by atoms with E-state index < -0.39 is 0 Å². The Bertz CT molecular complexity index is 682. The van der Waals surface area contributed by atoms with Crippen LogP contribution in [0.2, 0.25) is 5.02 Å². The van der Waals surface area contributed by atoms with Crippen molar-refractivity contribution in [1.29, 1.82) is 0 Å². The first-order valence-electron chi connectivity index (χ1n) is 6.97. The van der Waals surface area contributed by atoms with Gasteiger partial charge in [0.1, 0.15) is 5.69 Å². The van der Waals surface area contributed by atoms with Crippen molar-refractivity contribution >= 4 is 17.5 Å². The Kier molecular flexibility index (Phi) is 3.69. The number of aromatic nitrogens is 2. The summed E-state index contributed by atoms with van der Waals surface area (Å²) in [5.74, 6) is -0.229. The lowest BCUT2D eigenvalue weighted by molar-refractivity contribution is 0.0922. The zero-order valence-corrected chi connectivity index (χ0v) is 12.5. The standard InChI is InChI=1S/C15H17ClN4O/c1-2-20-14(11(16)8-18-20)15(21)19-12-7-9-5-3-4-6-10(9)13(12)17/h3-6,8,12-13H,2,7,17H2,1H3,(H,19,21)/t12-,13-/m1/s1. The molecule has 0 radical (unpaired) electrons. The number of hydrogen-bond acceptors (Lipinski definition) is 3. The Morgan fingerprint density at radius 3 is 3.00 bits per heavy atom. The molecule has 2 atom stereocenters. The molecule has 1 aromatic heterocycles. The molecule has 1 amide bonds. The molecule has 0 aliphatic heterocycles. The molecule has 0 fully saturated rings. The molecule has 1 aromatic carbocycles. The van der Waals surface area contributed by atoms with Crippen LogP contribution in [-0.2, 0) is 13.0 Å². The van der Waals surface area contributed by atoms with Gasteiger partial charge in [0, 0.05) is 6.54 Å². The van der Waals surface area contributed by atoms with Gasteiger partial charge in [-0.25, -0.2) is 0 Å². The third-order valence-corrected chi connectivity index (χ3v) is 4.19. The lowest BCUT2D eigenvalue weighted by atomic mass is 10.1. The monoisotopic (exact) mass is 304 g/mol. The van der Waals surface area contributed by atoms with Crippen LogP contribution in [0.5, 0.6) is 0 Å². The zero-order valence-electron chi connectivity index (χ0n) is 11.7. The van der Waals surface area contributed by atoms with Crippen LogP contribution in [0.25, 0.3) is 0 Å². The van der Waals surface area contributed by atoms with Crippen LogP contribution in [0.15, 0.2) is 30.5 Å². The highest BCUT2D eigenvalue weighted by Crippen LogP contribution is 2.29. The van der Waals surface area contributed by atoms with E-state index in [0.717, 1.165) is 12.0 Å². The smallest absolute Gasteiger partial charge is 0.271 e. The maximum atomic E-state index is 12.4. The number of nitrogens with zero attached hydrogens (tertiary/aromatic N) is 2. The predicted octanol–water partition coefficient (Wildman–Crippen LogP) is 1.91. The van der Waals surface area contributed by atoms with Gasteiger partial charge in [0.05, 0.1) is 23.3 Å². The van der Waals surface area contributed by atoms with Gasteiger partial charge in [-0.2, -0.15) is 5.10 Å². The topological polar surface area (TPSA) is 72.9 Å². The highest BCUT2D eigenvalue weighted by molar-refractivity contribution is 6.33. The van der Waals surface area contributed by atoms with Gasteiger partial charge in [-0.1, -0.05) is 35.9 Å². The Labute approximate surface area is 128 Å². The normalized spacial score (nSPS) is 20.3. The van der Waals surface area contributed by atoms with Gasteiger partial charge in [-0.05, 0) is 24.5 Å². The molecule has 0 bridgehead atoms. The maximum absolute atomic E-state index is 12.4. The third kappa shape index (κ3) is 2.43. The fourth-order valence-electron chi connectivity index (χ4n) is 2.83. The van der Waals surface area contributed by atoms with E-state index in [9.17, 15) is 4.79 Å². The molecule has 3 rings (SSSR count). The second-order valence-electron chi connectivity index (χ2n) is 5.17. The summed E-state index contributed by atoms with van der Waals surface area (Å²) >= 11 is 6.05. The number of fused-ring (bicyclic) bond motifs is 1. The Morgan fingerprint density at radius 1 is 1.52 bits per heavy atom. The molecule has 3 N–H and O–H groups in total. The molecular formula is C15H17ClN4O. The summed E-state index contributed by atoms with van der Waals surface area (Å²) in [7, 11) is 0. The van der Waals surface area contributed by atoms with Gasteiger partial charge in [0.2, 0.25) is 0 Å². The summed E-state index contributed by atoms with van der Waals surface area (Å²) in [6.45, 7) is 2.50. The summed E-state index contributed by atoms with van der Waals surface area (Å²) in [6, 6.07) is 7.69. The van der Waals surface area contributed by atoms with Gasteiger partial charge in [0.25, 0.3) is 5.91 Å². The number of aryl methyl sites for hydroxylation is 1. The van der Waals surface area contributed by atoms with E-state index in [-0.39, 0.29) is 18.0 Å². The fourth-order valence-corrected chi connectivity index (χ4v) is 3.06. The lowest BCUT2D eigenvalue weighted by Gasteiger charge is -2.18. The van der Waals surface area contributed by atoms with Crippen LogP contribution < -0.4 is 11.1 Å². The van der Waals surface area contributed by atoms with Crippen LogP contribution in [0, 0.1) is 0 Å². The summed E-state index contributed by atoms with van der Waals surface area (Å²) < 4.78 is 1.59. The molecule has 0 spiro atoms. The molecule has 0 unspecified atom stereocenters. The fraction of sp³-hybridized carbons (Fsp3) is 0.333. The molecule has 21 heavy (non-hydrogen) atoms. The van der Waals surface area contributed by atoms with Crippen molar-refractivity contribution in [1.82, 2.24) is 15.1 Å². The number of nitrogens with two attached hydrogens (primary N) is 1. The number of carbonyl (C=O) groups excluding carboxylic acids is 1. The van der Waals surface area contributed by atoms with Crippen molar-refractivity contribution in [2.45, 2.75) is 32.0 Å². The van der Waals surface area contributed by atoms with Gasteiger partial charge < -0.3 is 11.1 Å². The molecule has 5 nitrogen and oxygen atoms in total. The van der Waals surface area contributed by atoms with Gasteiger partial charge in [-0.15, -0.1) is 0 Å². The summed E-state index contributed by atoms with van der Waals surface area (Å²) in [6.07, 6.45) is 2.23. The molecule has 110 valence electrons. The van der Waals surface area contributed by atoms with Crippen molar-refractivity contribution in [2.24, 2.45) is 5.73 Å². The van der Waals surface area contributed by atoms with Crippen molar-refractivity contribution in [3.63, 3.8) is 0 Å². The molecule has 1 heterocycles. The first-order valence-corrected chi connectivity index (χ1v) is 7.35. The third-order valence-electron chi connectivity index (χ3n) is 3.91. The van der Waals surface area contributed by atoms with Gasteiger partial charge in [-0.3, -0.25) is 9.48 Å². The molecule has 2 aromatic rings. The molecule has 1 aliphatic rings. The first kappa shape index (κ1) is 14.1.